The van der Waals surface area contributed by atoms with Crippen LogP contribution in [0.25, 0.3) is 0 Å². The van der Waals surface area contributed by atoms with Crippen LogP contribution < -0.4 is 9.44 Å². The van der Waals surface area contributed by atoms with Crippen molar-refractivity contribution in [3.05, 3.63) is 82.3 Å². The van der Waals surface area contributed by atoms with Crippen LogP contribution in [-0.4, -0.2) is 16.8 Å². The Balaban J connectivity index is 1.91. The molecule has 0 spiro atoms. The molecule has 3 rings (SSSR count). The Morgan fingerprint density at radius 1 is 0.655 bits per heavy atom. The molecule has 29 heavy (non-hydrogen) atoms. The van der Waals surface area contributed by atoms with Crippen molar-refractivity contribution in [2.75, 3.05) is 9.44 Å². The topological polar surface area (TPSA) is 92.3 Å². The first-order valence-electron chi connectivity index (χ1n) is 8.24. The lowest BCUT2D eigenvalue weighted by atomic mass is 10.2. The van der Waals surface area contributed by atoms with Crippen molar-refractivity contribution in [2.45, 2.75) is 16.7 Å². The number of anilines is 2. The lowest BCUT2D eigenvalue weighted by Crippen LogP contribution is -2.16. The second-order valence-corrected chi connectivity index (χ2v) is 10.4. The lowest BCUT2D eigenvalue weighted by Gasteiger charge is -2.13. The Morgan fingerprint density at radius 3 is 1.72 bits per heavy atom. The van der Waals surface area contributed by atoms with Crippen molar-refractivity contribution in [3.8, 4) is 0 Å². The molecule has 6 nitrogen and oxygen atoms in total. The van der Waals surface area contributed by atoms with Gasteiger partial charge < -0.3 is 0 Å². The summed E-state index contributed by atoms with van der Waals surface area (Å²) in [5.41, 5.74) is 1.05. The van der Waals surface area contributed by atoms with E-state index in [1.807, 2.05) is 0 Å². The minimum absolute atomic E-state index is 0.00819. The zero-order valence-corrected chi connectivity index (χ0v) is 18.2. The van der Waals surface area contributed by atoms with E-state index in [0.29, 0.717) is 21.3 Å². The molecule has 0 saturated heterocycles. The van der Waals surface area contributed by atoms with Crippen LogP contribution in [0.5, 0.6) is 0 Å². The van der Waals surface area contributed by atoms with Gasteiger partial charge in [-0.2, -0.15) is 0 Å². The summed E-state index contributed by atoms with van der Waals surface area (Å²) in [5.74, 6) is 0. The maximum atomic E-state index is 12.7. The number of hydrogen-bond acceptors (Lipinski definition) is 4. The number of rotatable bonds is 6. The maximum absolute atomic E-state index is 12.7. The van der Waals surface area contributed by atoms with Crippen molar-refractivity contribution in [1.82, 2.24) is 0 Å². The summed E-state index contributed by atoms with van der Waals surface area (Å²) < 4.78 is 55.5. The van der Waals surface area contributed by atoms with Crippen LogP contribution in [0.1, 0.15) is 5.56 Å². The molecule has 0 aliphatic heterocycles. The third kappa shape index (κ3) is 5.22. The molecule has 3 aromatic rings. The first-order valence-corrected chi connectivity index (χ1v) is 12.0. The van der Waals surface area contributed by atoms with Gasteiger partial charge in [-0.3, -0.25) is 9.44 Å². The van der Waals surface area contributed by atoms with Gasteiger partial charge in [-0.05, 0) is 73.2 Å². The van der Waals surface area contributed by atoms with Gasteiger partial charge in [-0.15, -0.1) is 0 Å². The van der Waals surface area contributed by atoms with E-state index in [-0.39, 0.29) is 15.5 Å². The summed E-state index contributed by atoms with van der Waals surface area (Å²) in [7, 11) is -7.85. The molecule has 0 amide bonds. The van der Waals surface area contributed by atoms with Gasteiger partial charge in [0.25, 0.3) is 20.0 Å². The average Bonchev–Trinajstić information content (AvgIpc) is 2.65. The minimum atomic E-state index is -3.94. The highest BCUT2D eigenvalue weighted by Gasteiger charge is 2.19. The molecule has 0 radical (unpaired) electrons. The van der Waals surface area contributed by atoms with Crippen LogP contribution in [0.15, 0.2) is 76.5 Å². The van der Waals surface area contributed by atoms with E-state index in [1.54, 1.807) is 19.1 Å². The van der Waals surface area contributed by atoms with Gasteiger partial charge in [0, 0.05) is 15.7 Å². The summed E-state index contributed by atoms with van der Waals surface area (Å²) in [4.78, 5) is -0.0827. The number of sulfonamides is 2. The molecule has 0 atom stereocenters. The second kappa shape index (κ2) is 8.23. The maximum Gasteiger partial charge on any atom is 0.261 e. The van der Waals surface area contributed by atoms with E-state index < -0.39 is 20.0 Å². The molecule has 0 aliphatic rings. The van der Waals surface area contributed by atoms with Gasteiger partial charge in [0.1, 0.15) is 0 Å². The quantitative estimate of drug-likeness (QED) is 0.535. The molecule has 0 fully saturated rings. The van der Waals surface area contributed by atoms with E-state index in [0.717, 1.165) is 0 Å². The molecule has 0 aliphatic carbocycles. The van der Waals surface area contributed by atoms with E-state index in [4.69, 9.17) is 23.2 Å². The van der Waals surface area contributed by atoms with Crippen molar-refractivity contribution >= 4 is 54.6 Å². The van der Waals surface area contributed by atoms with Crippen molar-refractivity contribution in [2.24, 2.45) is 0 Å². The summed E-state index contributed by atoms with van der Waals surface area (Å²) in [6, 6.07) is 16.0. The number of hydrogen-bond donors (Lipinski definition) is 2. The fraction of sp³-hybridized carbons (Fsp3) is 0.0526. The Hall–Kier alpha value is -2.26. The van der Waals surface area contributed by atoms with Gasteiger partial charge in [-0.25, -0.2) is 16.8 Å². The Labute approximate surface area is 179 Å². The van der Waals surface area contributed by atoms with E-state index in [1.165, 1.54) is 54.6 Å². The molecule has 0 unspecified atom stereocenters. The number of halogens is 2. The zero-order valence-electron chi connectivity index (χ0n) is 15.1. The van der Waals surface area contributed by atoms with Crippen LogP contribution in [0.4, 0.5) is 11.4 Å². The molecule has 2 N–H and O–H groups in total. The van der Waals surface area contributed by atoms with E-state index >= 15 is 0 Å². The van der Waals surface area contributed by atoms with Crippen LogP contribution in [-0.2, 0) is 20.0 Å². The largest absolute Gasteiger partial charge is 0.280 e. The summed E-state index contributed by atoms with van der Waals surface area (Å²) in [6.45, 7) is 1.67. The second-order valence-electron chi connectivity index (χ2n) is 6.15. The molecule has 152 valence electrons. The Kier molecular flexibility index (Phi) is 6.09. The fourth-order valence-corrected chi connectivity index (χ4v) is 4.89. The molecule has 0 heterocycles. The first kappa shape index (κ1) is 21.4. The third-order valence-corrected chi connectivity index (χ3v) is 7.25. The highest BCUT2D eigenvalue weighted by molar-refractivity contribution is 7.93. The molecule has 3 aromatic carbocycles. The van der Waals surface area contributed by atoms with Crippen LogP contribution in [0.2, 0.25) is 10.0 Å². The molecule has 10 heteroatoms. The van der Waals surface area contributed by atoms with Crippen LogP contribution in [0.3, 0.4) is 0 Å². The van der Waals surface area contributed by atoms with Crippen LogP contribution >= 0.6 is 23.2 Å². The third-order valence-electron chi connectivity index (χ3n) is 3.98. The fourth-order valence-electron chi connectivity index (χ4n) is 2.43. The predicted molar refractivity (Wildman–Crippen MR) is 116 cm³/mol. The van der Waals surface area contributed by atoms with Crippen LogP contribution in [0, 0.1) is 6.92 Å². The van der Waals surface area contributed by atoms with E-state index in [2.05, 4.69) is 9.44 Å². The average molecular weight is 471 g/mol. The van der Waals surface area contributed by atoms with Gasteiger partial charge in [0.2, 0.25) is 0 Å². The van der Waals surface area contributed by atoms with Gasteiger partial charge in [-0.1, -0.05) is 29.3 Å². The van der Waals surface area contributed by atoms with Gasteiger partial charge in [0.15, 0.2) is 0 Å². The molecule has 0 bridgehead atoms. The SMILES string of the molecule is Cc1ccc(S(=O)(=O)Nc2ccc(Cl)cc2)cc1NS(=O)(=O)c1ccc(Cl)cc1. The molecule has 0 saturated carbocycles. The first-order chi connectivity index (χ1) is 13.6. The molecular weight excluding hydrogens is 455 g/mol. The minimum Gasteiger partial charge on any atom is -0.280 e. The highest BCUT2D eigenvalue weighted by Crippen LogP contribution is 2.25. The summed E-state index contributed by atoms with van der Waals surface area (Å²) in [5, 5.41) is 0.878. The van der Waals surface area contributed by atoms with Crippen molar-refractivity contribution in [3.63, 3.8) is 0 Å². The number of nitrogens with one attached hydrogen (secondary N) is 2. The molecule has 0 aromatic heterocycles. The predicted octanol–water partition coefficient (Wildman–Crippen LogP) is 4.90. The number of benzene rings is 3. The Morgan fingerprint density at radius 2 is 1.14 bits per heavy atom. The van der Waals surface area contributed by atoms with Crippen molar-refractivity contribution in [1.29, 1.82) is 0 Å². The standard InChI is InChI=1S/C19H16Cl2N2O4S2/c1-13-2-9-18(29(26,27)22-16-7-3-14(20)4-8-16)12-19(13)23-28(24,25)17-10-5-15(21)6-11-17/h2-12,22-23H,1H3. The summed E-state index contributed by atoms with van der Waals surface area (Å²) in [6.07, 6.45) is 0. The lowest BCUT2D eigenvalue weighted by molar-refractivity contribution is 0.598. The monoisotopic (exact) mass is 470 g/mol. The molecular formula is C19H16Cl2N2O4S2. The van der Waals surface area contributed by atoms with Gasteiger partial charge >= 0.3 is 0 Å². The van der Waals surface area contributed by atoms with E-state index in [9.17, 15) is 16.8 Å². The highest BCUT2D eigenvalue weighted by atomic mass is 35.5. The van der Waals surface area contributed by atoms with Gasteiger partial charge in [0.05, 0.1) is 15.5 Å². The summed E-state index contributed by atoms with van der Waals surface area (Å²) >= 11 is 11.6. The zero-order chi connectivity index (χ0) is 21.2. The number of aryl methyl sites for hydroxylation is 1. The smallest absolute Gasteiger partial charge is 0.261 e. The normalized spacial score (nSPS) is 11.8. The van der Waals surface area contributed by atoms with Crippen molar-refractivity contribution < 1.29 is 16.8 Å². The Bertz CT molecular complexity index is 1240.